The van der Waals surface area contributed by atoms with E-state index in [1.807, 2.05) is 0 Å². The van der Waals surface area contributed by atoms with Crippen molar-refractivity contribution in [3.05, 3.63) is 28.8 Å². The zero-order chi connectivity index (χ0) is 10.7. The fraction of sp³-hybridized carbons (Fsp3) is 0.333. The van der Waals surface area contributed by atoms with Crippen LogP contribution >= 0.6 is 22.5 Å². The molecule has 0 saturated carbocycles. The van der Waals surface area contributed by atoms with Gasteiger partial charge in [-0.2, -0.15) is 0 Å². The third-order valence-electron chi connectivity index (χ3n) is 2.67. The smallest absolute Gasteiger partial charge is 0.0340 e. The van der Waals surface area contributed by atoms with Gasteiger partial charge in [0, 0.05) is 17.9 Å². The van der Waals surface area contributed by atoms with Crippen LogP contribution in [0.25, 0.3) is 0 Å². The molecule has 0 bridgehead atoms. The van der Waals surface area contributed by atoms with E-state index >= 15 is 0 Å². The molecule has 0 spiro atoms. The summed E-state index contributed by atoms with van der Waals surface area (Å²) in [6.45, 7) is 2.01. The average molecular weight is 235 g/mol. The Morgan fingerprint density at radius 3 is 3.13 bits per heavy atom. The molecular weight excluding hydrogens is 222 g/mol. The molecule has 1 aromatic rings. The van der Waals surface area contributed by atoms with Crippen molar-refractivity contribution in [2.75, 3.05) is 6.54 Å². The number of rotatable bonds is 2. The minimum Gasteiger partial charge on any atom is -0.312 e. The Hall–Kier alpha value is -0.560. The van der Waals surface area contributed by atoms with E-state index in [1.54, 1.807) is 0 Å². The second kappa shape index (κ2) is 4.98. The fourth-order valence-electron chi connectivity index (χ4n) is 2.00. The molecule has 1 N–H and O–H groups in total. The van der Waals surface area contributed by atoms with Crippen LogP contribution in [-0.4, -0.2) is 6.54 Å². The summed E-state index contributed by atoms with van der Waals surface area (Å²) in [6.07, 6.45) is 7.21. The van der Waals surface area contributed by atoms with Crippen molar-refractivity contribution < 1.29 is 0 Å². The van der Waals surface area contributed by atoms with Crippen LogP contribution in [0.15, 0.2) is 17.0 Å². The third-order valence-corrected chi connectivity index (χ3v) is 3.75. The zero-order valence-electron chi connectivity index (χ0n) is 8.42. The zero-order valence-corrected chi connectivity index (χ0v) is 10.1. The van der Waals surface area contributed by atoms with Crippen molar-refractivity contribution in [2.45, 2.75) is 24.3 Å². The molecule has 0 saturated heterocycles. The second-order valence-corrected chi connectivity index (χ2v) is 4.82. The fourth-order valence-corrected chi connectivity index (χ4v) is 2.71. The molecule has 0 amide bonds. The summed E-state index contributed by atoms with van der Waals surface area (Å²) in [7, 11) is 1.48. The van der Waals surface area contributed by atoms with Crippen LogP contribution in [0.5, 0.6) is 0 Å². The summed E-state index contributed by atoms with van der Waals surface area (Å²) < 4.78 is 0. The van der Waals surface area contributed by atoms with Gasteiger partial charge in [-0.3, -0.25) is 0 Å². The Morgan fingerprint density at radius 1 is 1.53 bits per heavy atom. The molecular formula is C12H13NS2. The van der Waals surface area contributed by atoms with Crippen molar-refractivity contribution in [1.29, 1.82) is 0 Å². The van der Waals surface area contributed by atoms with Gasteiger partial charge in [0.25, 0.3) is 0 Å². The van der Waals surface area contributed by atoms with Gasteiger partial charge >= 0.3 is 0 Å². The molecule has 0 unspecified atom stereocenters. The summed E-state index contributed by atoms with van der Waals surface area (Å²) in [4.78, 5) is 1.19. The highest BCUT2D eigenvalue weighted by Crippen LogP contribution is 2.29. The first-order valence-electron chi connectivity index (χ1n) is 4.95. The molecule has 1 heterocycles. The molecule has 1 aliphatic heterocycles. The van der Waals surface area contributed by atoms with E-state index in [0.717, 1.165) is 25.9 Å². The van der Waals surface area contributed by atoms with Gasteiger partial charge in [-0.05, 0) is 41.8 Å². The molecule has 3 heteroatoms. The van der Waals surface area contributed by atoms with E-state index in [-0.39, 0.29) is 0 Å². The number of benzene rings is 1. The number of hydrogen-bond donors (Lipinski definition) is 2. The number of hydrogen-bond acceptors (Lipinski definition) is 3. The van der Waals surface area contributed by atoms with Crippen molar-refractivity contribution in [1.82, 2.24) is 5.32 Å². The number of nitrogens with one attached hydrogen (secondary N) is 1. The molecule has 78 valence electrons. The monoisotopic (exact) mass is 235 g/mol. The molecule has 1 aliphatic rings. The predicted molar refractivity (Wildman–Crippen MR) is 69.2 cm³/mol. The number of terminal acetylenes is 1. The highest BCUT2D eigenvalue weighted by molar-refractivity contribution is 8.68. The number of fused-ring (bicyclic) bond motifs is 1. The Kier molecular flexibility index (Phi) is 3.63. The van der Waals surface area contributed by atoms with Crippen LogP contribution in [0.1, 0.15) is 16.7 Å². The van der Waals surface area contributed by atoms with Crippen LogP contribution in [-0.2, 0) is 19.4 Å². The Morgan fingerprint density at radius 2 is 2.40 bits per heavy atom. The highest BCUT2D eigenvalue weighted by atomic mass is 33.1. The topological polar surface area (TPSA) is 12.0 Å². The molecule has 0 atom stereocenters. The molecule has 15 heavy (non-hydrogen) atoms. The van der Waals surface area contributed by atoms with Gasteiger partial charge in [0.05, 0.1) is 0 Å². The van der Waals surface area contributed by atoms with E-state index in [4.69, 9.17) is 6.42 Å². The van der Waals surface area contributed by atoms with Crippen LogP contribution in [0.3, 0.4) is 0 Å². The molecule has 0 fully saturated rings. The van der Waals surface area contributed by atoms with Crippen molar-refractivity contribution in [3.8, 4) is 12.3 Å². The van der Waals surface area contributed by atoms with E-state index in [0.29, 0.717) is 0 Å². The molecule has 0 aliphatic carbocycles. The maximum absolute atomic E-state index is 5.39. The lowest BCUT2D eigenvalue weighted by molar-refractivity contribution is 0.638. The minimum absolute atomic E-state index is 0.727. The lowest BCUT2D eigenvalue weighted by atomic mass is 9.94. The van der Waals surface area contributed by atoms with Gasteiger partial charge in [0.2, 0.25) is 0 Å². The lowest BCUT2D eigenvalue weighted by Crippen LogP contribution is -2.24. The van der Waals surface area contributed by atoms with Gasteiger partial charge in [0.1, 0.15) is 0 Å². The van der Waals surface area contributed by atoms with Gasteiger partial charge in [-0.25, -0.2) is 0 Å². The summed E-state index contributed by atoms with van der Waals surface area (Å²) in [5.41, 5.74) is 4.12. The van der Waals surface area contributed by atoms with Gasteiger partial charge < -0.3 is 5.32 Å². The summed E-state index contributed by atoms with van der Waals surface area (Å²) in [5.74, 6) is 2.73. The van der Waals surface area contributed by atoms with Gasteiger partial charge in [0.15, 0.2) is 0 Å². The quantitative estimate of drug-likeness (QED) is 0.464. The second-order valence-electron chi connectivity index (χ2n) is 3.62. The lowest BCUT2D eigenvalue weighted by Gasteiger charge is -2.20. The maximum atomic E-state index is 5.39. The predicted octanol–water partition coefficient (Wildman–Crippen LogP) is 2.44. The van der Waals surface area contributed by atoms with E-state index in [9.17, 15) is 0 Å². The van der Waals surface area contributed by atoms with Crippen molar-refractivity contribution in [2.24, 2.45) is 0 Å². The third kappa shape index (κ3) is 2.34. The molecule has 2 rings (SSSR count). The van der Waals surface area contributed by atoms with Crippen LogP contribution in [0.2, 0.25) is 0 Å². The van der Waals surface area contributed by atoms with Crippen LogP contribution in [0.4, 0.5) is 0 Å². The first-order valence-corrected chi connectivity index (χ1v) is 6.82. The molecule has 1 nitrogen and oxygen atoms in total. The first kappa shape index (κ1) is 10.9. The number of thiol groups is 1. The minimum atomic E-state index is 0.727. The first-order chi connectivity index (χ1) is 7.35. The van der Waals surface area contributed by atoms with Crippen molar-refractivity contribution in [3.63, 3.8) is 0 Å². The Balaban J connectivity index is 2.46. The average Bonchev–Trinajstić information content (AvgIpc) is 2.29. The normalized spacial score (nSPS) is 14.4. The summed E-state index contributed by atoms with van der Waals surface area (Å²) >= 11 is 4.24. The molecule has 0 radical (unpaired) electrons. The SMILES string of the molecule is C#CCc1cc(SS)cc2c1CCNC2. The maximum Gasteiger partial charge on any atom is 0.0340 e. The van der Waals surface area contributed by atoms with Crippen LogP contribution in [0, 0.1) is 12.3 Å². The molecule has 0 aromatic heterocycles. The summed E-state index contributed by atoms with van der Waals surface area (Å²) in [6, 6.07) is 4.38. The largest absolute Gasteiger partial charge is 0.312 e. The Labute approximate surface area is 99.8 Å². The van der Waals surface area contributed by atoms with Gasteiger partial charge in [-0.15, -0.1) is 24.0 Å². The van der Waals surface area contributed by atoms with Crippen LogP contribution < -0.4 is 5.32 Å². The van der Waals surface area contributed by atoms with Crippen molar-refractivity contribution >= 4 is 22.5 Å². The standard InChI is InChI=1S/C12H13NS2/c1-2-3-9-6-11(15-14)7-10-8-13-5-4-12(9)10/h1,6-7,13-14H,3-5,8H2. The summed E-state index contributed by atoms with van der Waals surface area (Å²) in [5, 5.41) is 3.38. The van der Waals surface area contributed by atoms with E-state index < -0.39 is 0 Å². The van der Waals surface area contributed by atoms with Gasteiger partial charge in [-0.1, -0.05) is 10.8 Å². The van der Waals surface area contributed by atoms with E-state index in [2.05, 4.69) is 35.0 Å². The molecule has 1 aromatic carbocycles. The van der Waals surface area contributed by atoms with E-state index in [1.165, 1.54) is 32.4 Å². The highest BCUT2D eigenvalue weighted by Gasteiger charge is 2.13. The Bertz CT molecular complexity index is 407.